The van der Waals surface area contributed by atoms with Gasteiger partial charge in [0.15, 0.2) is 0 Å². The molecule has 0 aliphatic heterocycles. The van der Waals surface area contributed by atoms with Crippen LogP contribution in [0.4, 0.5) is 0 Å². The Hall–Kier alpha value is -3.46. The third-order valence-electron chi connectivity index (χ3n) is 11.6. The van der Waals surface area contributed by atoms with Gasteiger partial charge >= 0.3 is 0 Å². The van der Waals surface area contributed by atoms with E-state index < -0.39 is 0 Å². The van der Waals surface area contributed by atoms with Crippen molar-refractivity contribution < 1.29 is 10.2 Å². The summed E-state index contributed by atoms with van der Waals surface area (Å²) in [4.78, 5) is 0. The van der Waals surface area contributed by atoms with Gasteiger partial charge in [-0.2, -0.15) is 0 Å². The van der Waals surface area contributed by atoms with Crippen LogP contribution in [0.5, 0.6) is 0 Å². The Balaban J connectivity index is 1.94. The Morgan fingerprint density at radius 1 is 0.558 bits per heavy atom. The number of aliphatic hydroxyl groups is 2. The molecule has 2 rings (SSSR count). The van der Waals surface area contributed by atoms with Crippen LogP contribution in [0.25, 0.3) is 0 Å². The van der Waals surface area contributed by atoms with E-state index in [2.05, 4.69) is 166 Å². The van der Waals surface area contributed by atoms with Crippen molar-refractivity contribution in [1.29, 1.82) is 0 Å². The van der Waals surface area contributed by atoms with Crippen molar-refractivity contribution in [1.82, 2.24) is 0 Å². The molecule has 2 saturated carbocycles. The highest BCUT2D eigenvalue weighted by Gasteiger charge is 2.41. The molecular weight excluding hydrogens is 633 g/mol. The van der Waals surface area contributed by atoms with Crippen LogP contribution in [0, 0.1) is 34.5 Å². The monoisotopic (exact) mass is 705 g/mol. The molecule has 0 spiro atoms. The third-order valence-corrected chi connectivity index (χ3v) is 11.6. The van der Waals surface area contributed by atoms with Crippen LogP contribution in [0.3, 0.4) is 0 Å². The fourth-order valence-corrected chi connectivity index (χ4v) is 7.60. The largest absolute Gasteiger partial charge is 0.392 e. The van der Waals surface area contributed by atoms with Gasteiger partial charge in [0.05, 0.1) is 13.2 Å². The maximum absolute atomic E-state index is 9.41. The summed E-state index contributed by atoms with van der Waals surface area (Å²) < 4.78 is 0. The Morgan fingerprint density at radius 2 is 0.885 bits per heavy atom. The molecule has 2 N–H and O–H groups in total. The average molecular weight is 705 g/mol. The zero-order valence-electron chi connectivity index (χ0n) is 34.5. The summed E-state index contributed by atoms with van der Waals surface area (Å²) in [5.74, 6) is 1.85. The van der Waals surface area contributed by atoms with E-state index in [4.69, 9.17) is 0 Å². The van der Waals surface area contributed by atoms with E-state index in [1.165, 1.54) is 33.4 Å². The van der Waals surface area contributed by atoms with Gasteiger partial charge in [0.2, 0.25) is 0 Å². The minimum Gasteiger partial charge on any atom is -0.392 e. The molecule has 2 fully saturated rings. The fourth-order valence-electron chi connectivity index (χ4n) is 7.60. The summed E-state index contributed by atoms with van der Waals surface area (Å²) in [7, 11) is 0. The van der Waals surface area contributed by atoms with Crippen LogP contribution in [-0.2, 0) is 0 Å². The predicted octanol–water partition coefficient (Wildman–Crippen LogP) is 13.4. The van der Waals surface area contributed by atoms with Gasteiger partial charge in [0, 0.05) is 11.8 Å². The Bertz CT molecular complexity index is 1430. The molecule has 0 bridgehead atoms. The fraction of sp³-hybridized carbons (Fsp3) is 0.480. The van der Waals surface area contributed by atoms with Gasteiger partial charge in [0.1, 0.15) is 0 Å². The minimum atomic E-state index is 0.127. The lowest BCUT2D eigenvalue weighted by Gasteiger charge is -2.45. The first-order valence-corrected chi connectivity index (χ1v) is 19.5. The Labute approximate surface area is 319 Å². The number of hydrogen-bond donors (Lipinski definition) is 2. The quantitative estimate of drug-likeness (QED) is 0.124. The molecule has 0 saturated heterocycles. The van der Waals surface area contributed by atoms with Crippen LogP contribution >= 0.6 is 0 Å². The van der Waals surface area contributed by atoms with Crippen molar-refractivity contribution in [2.75, 3.05) is 13.2 Å². The summed E-state index contributed by atoms with van der Waals surface area (Å²) in [5.41, 5.74) is 9.85. The molecule has 4 unspecified atom stereocenters. The van der Waals surface area contributed by atoms with Crippen molar-refractivity contribution in [3.05, 3.63) is 155 Å². The van der Waals surface area contributed by atoms with E-state index in [0.717, 1.165) is 49.7 Å². The number of allylic oxidation sites excluding steroid dienone is 22. The van der Waals surface area contributed by atoms with Crippen molar-refractivity contribution in [2.24, 2.45) is 34.5 Å². The van der Waals surface area contributed by atoms with Gasteiger partial charge in [-0.15, -0.1) is 0 Å². The van der Waals surface area contributed by atoms with E-state index in [1.807, 2.05) is 13.8 Å². The first-order valence-electron chi connectivity index (χ1n) is 19.5. The van der Waals surface area contributed by atoms with Gasteiger partial charge in [-0.1, -0.05) is 183 Å². The van der Waals surface area contributed by atoms with Crippen LogP contribution in [0.15, 0.2) is 155 Å². The second kappa shape index (κ2) is 21.9. The molecule has 0 aromatic heterocycles. The average Bonchev–Trinajstić information content (AvgIpc) is 3.08. The van der Waals surface area contributed by atoms with Crippen LogP contribution in [0.1, 0.15) is 108 Å². The lowest BCUT2D eigenvalue weighted by atomic mass is 9.59. The van der Waals surface area contributed by atoms with Gasteiger partial charge < -0.3 is 10.2 Å². The maximum atomic E-state index is 9.41. The first-order chi connectivity index (χ1) is 24.5. The molecule has 284 valence electrons. The molecule has 0 amide bonds. The number of hydrogen-bond acceptors (Lipinski definition) is 2. The SMILES string of the molecule is C=C1CCC(CC=C(C)CO)C(C)(C)C1C=CC(C)=CC=CC(C)=CC=CC=C(C)C=CC=C(C)C=CC1C(=C)CCC(CC=C(C)CO)C1(C)C. The van der Waals surface area contributed by atoms with Gasteiger partial charge in [0.25, 0.3) is 0 Å². The molecule has 0 heterocycles. The molecule has 2 heteroatoms. The van der Waals surface area contributed by atoms with E-state index in [0.29, 0.717) is 23.7 Å². The topological polar surface area (TPSA) is 40.5 Å². The van der Waals surface area contributed by atoms with Crippen molar-refractivity contribution in [3.63, 3.8) is 0 Å². The summed E-state index contributed by atoms with van der Waals surface area (Å²) in [5, 5.41) is 18.8. The lowest BCUT2D eigenvalue weighted by Crippen LogP contribution is -2.36. The van der Waals surface area contributed by atoms with Crippen LogP contribution in [0.2, 0.25) is 0 Å². The highest BCUT2D eigenvalue weighted by Crippen LogP contribution is 2.50. The normalized spacial score (nSPS) is 26.0. The summed E-state index contributed by atoms with van der Waals surface area (Å²) in [6.45, 7) is 31.2. The molecule has 52 heavy (non-hydrogen) atoms. The zero-order chi connectivity index (χ0) is 38.9. The van der Waals surface area contributed by atoms with Crippen molar-refractivity contribution in [3.8, 4) is 0 Å². The van der Waals surface area contributed by atoms with Crippen LogP contribution < -0.4 is 0 Å². The molecule has 0 aromatic rings. The second-order valence-corrected chi connectivity index (χ2v) is 16.7. The number of rotatable bonds is 16. The molecule has 2 aliphatic carbocycles. The van der Waals surface area contributed by atoms with Gasteiger partial charge in [-0.3, -0.25) is 0 Å². The standard InChI is InChI=1S/C50H72O2/c1-37(19-15-21-39(3)25-33-47-43(7)27-31-45(49(47,9)10)29-23-41(5)35-51)17-13-14-18-38(2)20-16-22-40(4)26-34-48-44(8)28-32-46(50(48,11)12)30-24-42(6)36-52/h13-26,33-34,45-48,51-52H,7-8,27-32,35-36H2,1-6,9-12H3. The predicted molar refractivity (Wildman–Crippen MR) is 230 cm³/mol. The van der Waals surface area contributed by atoms with Gasteiger partial charge in [-0.25, -0.2) is 0 Å². The first kappa shape index (κ1) is 44.7. The number of aliphatic hydroxyl groups excluding tert-OH is 2. The van der Waals surface area contributed by atoms with E-state index in [9.17, 15) is 10.2 Å². The molecule has 4 atom stereocenters. The third kappa shape index (κ3) is 14.5. The van der Waals surface area contributed by atoms with E-state index >= 15 is 0 Å². The maximum Gasteiger partial charge on any atom is 0.0639 e. The lowest BCUT2D eigenvalue weighted by molar-refractivity contribution is 0.127. The molecular formula is C50H72O2. The van der Waals surface area contributed by atoms with Crippen LogP contribution in [-0.4, -0.2) is 23.4 Å². The van der Waals surface area contributed by atoms with E-state index in [1.54, 1.807) is 0 Å². The smallest absolute Gasteiger partial charge is 0.0639 e. The second-order valence-electron chi connectivity index (χ2n) is 16.7. The minimum absolute atomic E-state index is 0.127. The molecule has 2 nitrogen and oxygen atoms in total. The molecule has 0 aromatic carbocycles. The summed E-state index contributed by atoms with van der Waals surface area (Å²) in [6, 6.07) is 0. The molecule has 2 aliphatic rings. The van der Waals surface area contributed by atoms with Crippen molar-refractivity contribution >= 4 is 0 Å². The highest BCUT2D eigenvalue weighted by molar-refractivity contribution is 5.33. The summed E-state index contributed by atoms with van der Waals surface area (Å²) >= 11 is 0. The zero-order valence-corrected chi connectivity index (χ0v) is 34.5. The van der Waals surface area contributed by atoms with E-state index in [-0.39, 0.29) is 24.0 Å². The van der Waals surface area contributed by atoms with Gasteiger partial charge in [-0.05, 0) is 103 Å². The summed E-state index contributed by atoms with van der Waals surface area (Å²) in [6.07, 6.45) is 41.4. The molecule has 0 radical (unpaired) electrons. The van der Waals surface area contributed by atoms with Crippen molar-refractivity contribution in [2.45, 2.75) is 108 Å². The Morgan fingerprint density at radius 3 is 1.23 bits per heavy atom. The highest BCUT2D eigenvalue weighted by atomic mass is 16.3. The Kier molecular flexibility index (Phi) is 18.8.